The minimum absolute atomic E-state index is 0.00921. The number of aryl methyl sites for hydroxylation is 1. The zero-order valence-corrected chi connectivity index (χ0v) is 12.3. The van der Waals surface area contributed by atoms with Crippen LogP contribution in [0, 0.1) is 12.8 Å². The number of rotatable bonds is 6. The van der Waals surface area contributed by atoms with E-state index in [-0.39, 0.29) is 12.5 Å². The molecule has 1 unspecified atom stereocenters. The number of carbonyl (C=O) groups excluding carboxylic acids is 2. The van der Waals surface area contributed by atoms with E-state index >= 15 is 0 Å². The minimum Gasteiger partial charge on any atom is -0.462 e. The summed E-state index contributed by atoms with van der Waals surface area (Å²) in [6.07, 6.45) is 0. The third kappa shape index (κ3) is 3.66. The van der Waals surface area contributed by atoms with Gasteiger partial charge in [0.15, 0.2) is 0 Å². The highest BCUT2D eigenvalue weighted by Crippen LogP contribution is 2.27. The molecule has 1 atom stereocenters. The summed E-state index contributed by atoms with van der Waals surface area (Å²) in [5.41, 5.74) is 6.30. The lowest BCUT2D eigenvalue weighted by molar-refractivity contribution is -0.119. The summed E-state index contributed by atoms with van der Waals surface area (Å²) in [4.78, 5) is 23.2. The molecule has 0 aliphatic rings. The van der Waals surface area contributed by atoms with Crippen LogP contribution in [0.15, 0.2) is 0 Å². The second kappa shape index (κ2) is 6.51. The first-order valence-electron chi connectivity index (χ1n) is 6.07. The number of amides is 1. The lowest BCUT2D eigenvalue weighted by Gasteiger charge is -2.19. The fraction of sp³-hybridized carbons (Fsp3) is 0.583. The fourth-order valence-electron chi connectivity index (χ4n) is 1.62. The Bertz CT molecular complexity index is 471. The molecule has 0 radical (unpaired) electrons. The molecule has 0 aliphatic heterocycles. The number of hydrogen-bond donors (Lipinski definition) is 2. The van der Waals surface area contributed by atoms with E-state index in [0.29, 0.717) is 16.3 Å². The van der Waals surface area contributed by atoms with Crippen molar-refractivity contribution in [2.45, 2.75) is 33.7 Å². The first kappa shape index (κ1) is 15.4. The number of anilines is 1. The number of aromatic nitrogens is 1. The standard InChI is InChI=1S/C12H19N3O3S/c1-5-18-12(17)8-7(4)15-19-11(8)14-9(6(2)3)10(13)16/h6,9,14H,5H2,1-4H3,(H2,13,16). The van der Waals surface area contributed by atoms with Crippen molar-refractivity contribution >= 4 is 28.4 Å². The molecule has 0 aliphatic carbocycles. The van der Waals surface area contributed by atoms with Crippen molar-refractivity contribution in [3.8, 4) is 0 Å². The zero-order valence-electron chi connectivity index (χ0n) is 11.5. The lowest BCUT2D eigenvalue weighted by Crippen LogP contribution is -2.39. The molecule has 6 nitrogen and oxygen atoms in total. The minimum atomic E-state index is -0.548. The Morgan fingerprint density at radius 2 is 2.11 bits per heavy atom. The zero-order chi connectivity index (χ0) is 14.6. The van der Waals surface area contributed by atoms with Gasteiger partial charge in [-0.2, -0.15) is 4.37 Å². The van der Waals surface area contributed by atoms with Crippen LogP contribution in [0.2, 0.25) is 0 Å². The molecule has 3 N–H and O–H groups in total. The summed E-state index contributed by atoms with van der Waals surface area (Å²) < 4.78 is 9.10. The highest BCUT2D eigenvalue weighted by Gasteiger charge is 2.25. The van der Waals surface area contributed by atoms with Gasteiger partial charge in [-0.25, -0.2) is 4.79 Å². The summed E-state index contributed by atoms with van der Waals surface area (Å²) in [5, 5.41) is 3.51. The molecule has 1 heterocycles. The van der Waals surface area contributed by atoms with E-state index in [1.165, 1.54) is 0 Å². The number of hydrogen-bond acceptors (Lipinski definition) is 6. The van der Waals surface area contributed by atoms with Crippen LogP contribution in [0.25, 0.3) is 0 Å². The Labute approximate surface area is 116 Å². The summed E-state index contributed by atoms with van der Waals surface area (Å²) >= 11 is 1.12. The number of primary amides is 1. The van der Waals surface area contributed by atoms with Gasteiger partial charge in [-0.1, -0.05) is 13.8 Å². The van der Waals surface area contributed by atoms with Crippen LogP contribution in [-0.2, 0) is 9.53 Å². The molecule has 0 bridgehead atoms. The SMILES string of the molecule is CCOC(=O)c1c(C)nsc1NC(C(N)=O)C(C)C. The highest BCUT2D eigenvalue weighted by molar-refractivity contribution is 7.10. The Morgan fingerprint density at radius 1 is 1.47 bits per heavy atom. The molecular weight excluding hydrogens is 266 g/mol. The van der Waals surface area contributed by atoms with Crippen LogP contribution in [0.1, 0.15) is 36.8 Å². The van der Waals surface area contributed by atoms with Gasteiger partial charge in [-0.05, 0) is 31.3 Å². The third-order valence-corrected chi connectivity index (χ3v) is 3.47. The van der Waals surface area contributed by atoms with Crippen molar-refractivity contribution in [2.75, 3.05) is 11.9 Å². The lowest BCUT2D eigenvalue weighted by atomic mass is 10.0. The number of esters is 1. The number of nitrogens with two attached hydrogens (primary N) is 1. The average molecular weight is 285 g/mol. The largest absolute Gasteiger partial charge is 0.462 e. The van der Waals surface area contributed by atoms with Gasteiger partial charge >= 0.3 is 5.97 Å². The monoisotopic (exact) mass is 285 g/mol. The second-order valence-corrected chi connectivity index (χ2v) is 5.23. The van der Waals surface area contributed by atoms with E-state index in [2.05, 4.69) is 9.69 Å². The summed E-state index contributed by atoms with van der Waals surface area (Å²) in [5.74, 6) is -0.894. The first-order chi connectivity index (χ1) is 8.88. The van der Waals surface area contributed by atoms with Crippen LogP contribution < -0.4 is 11.1 Å². The molecule has 19 heavy (non-hydrogen) atoms. The molecule has 1 aromatic heterocycles. The smallest absolute Gasteiger partial charge is 0.343 e. The Hall–Kier alpha value is -1.63. The normalized spacial score (nSPS) is 12.3. The molecule has 0 spiro atoms. The Kier molecular flexibility index (Phi) is 5.29. The van der Waals surface area contributed by atoms with Crippen molar-refractivity contribution in [3.05, 3.63) is 11.3 Å². The van der Waals surface area contributed by atoms with Crippen LogP contribution in [0.5, 0.6) is 0 Å². The van der Waals surface area contributed by atoms with Crippen molar-refractivity contribution in [3.63, 3.8) is 0 Å². The van der Waals surface area contributed by atoms with E-state index in [1.807, 2.05) is 13.8 Å². The van der Waals surface area contributed by atoms with Crippen molar-refractivity contribution < 1.29 is 14.3 Å². The predicted molar refractivity (Wildman–Crippen MR) is 74.3 cm³/mol. The molecule has 0 aromatic carbocycles. The van der Waals surface area contributed by atoms with E-state index in [0.717, 1.165) is 11.5 Å². The van der Waals surface area contributed by atoms with Gasteiger partial charge in [-0.15, -0.1) is 0 Å². The molecule has 1 amide bonds. The number of carbonyl (C=O) groups is 2. The Balaban J connectivity index is 3.01. The third-order valence-electron chi connectivity index (χ3n) is 2.60. The molecule has 0 fully saturated rings. The summed E-state index contributed by atoms with van der Waals surface area (Å²) in [6, 6.07) is -0.548. The van der Waals surface area contributed by atoms with E-state index in [1.54, 1.807) is 13.8 Å². The van der Waals surface area contributed by atoms with Crippen molar-refractivity contribution in [1.82, 2.24) is 4.37 Å². The van der Waals surface area contributed by atoms with Crippen LogP contribution >= 0.6 is 11.5 Å². The average Bonchev–Trinajstić information content (AvgIpc) is 2.66. The van der Waals surface area contributed by atoms with Crippen LogP contribution in [-0.4, -0.2) is 28.9 Å². The number of nitrogens with one attached hydrogen (secondary N) is 1. The van der Waals surface area contributed by atoms with Gasteiger partial charge in [0.05, 0.1) is 12.3 Å². The number of ether oxygens (including phenoxy) is 1. The van der Waals surface area contributed by atoms with Gasteiger partial charge in [0, 0.05) is 0 Å². The first-order valence-corrected chi connectivity index (χ1v) is 6.85. The Morgan fingerprint density at radius 3 is 2.58 bits per heavy atom. The van der Waals surface area contributed by atoms with Gasteiger partial charge in [0.2, 0.25) is 5.91 Å². The van der Waals surface area contributed by atoms with E-state index in [9.17, 15) is 9.59 Å². The second-order valence-electron chi connectivity index (χ2n) is 4.46. The van der Waals surface area contributed by atoms with Crippen LogP contribution in [0.3, 0.4) is 0 Å². The van der Waals surface area contributed by atoms with E-state index in [4.69, 9.17) is 10.5 Å². The van der Waals surface area contributed by atoms with Gasteiger partial charge in [0.1, 0.15) is 16.6 Å². The molecule has 1 aromatic rings. The van der Waals surface area contributed by atoms with Gasteiger partial charge in [0.25, 0.3) is 0 Å². The molecule has 7 heteroatoms. The maximum absolute atomic E-state index is 11.9. The quantitative estimate of drug-likeness (QED) is 0.773. The summed E-state index contributed by atoms with van der Waals surface area (Å²) in [6.45, 7) is 7.50. The molecule has 0 saturated heterocycles. The van der Waals surface area contributed by atoms with E-state index < -0.39 is 17.9 Å². The predicted octanol–water partition coefficient (Wildman–Crippen LogP) is 1.55. The van der Waals surface area contributed by atoms with Crippen molar-refractivity contribution in [1.29, 1.82) is 0 Å². The summed E-state index contributed by atoms with van der Waals surface area (Å²) in [7, 11) is 0. The molecular formula is C12H19N3O3S. The number of nitrogens with zero attached hydrogens (tertiary/aromatic N) is 1. The highest BCUT2D eigenvalue weighted by atomic mass is 32.1. The maximum atomic E-state index is 11.9. The fourth-order valence-corrected chi connectivity index (χ4v) is 2.44. The van der Waals surface area contributed by atoms with Gasteiger partial charge in [-0.3, -0.25) is 4.79 Å². The van der Waals surface area contributed by atoms with Crippen molar-refractivity contribution in [2.24, 2.45) is 11.7 Å². The van der Waals surface area contributed by atoms with Gasteiger partial charge < -0.3 is 15.8 Å². The topological polar surface area (TPSA) is 94.3 Å². The maximum Gasteiger partial charge on any atom is 0.343 e. The molecule has 1 rings (SSSR count). The molecule has 0 saturated carbocycles. The van der Waals surface area contributed by atoms with Crippen LogP contribution in [0.4, 0.5) is 5.00 Å². The molecule has 106 valence electrons.